The molecule has 1 saturated heterocycles. The van der Waals surface area contributed by atoms with Gasteiger partial charge in [0.25, 0.3) is 5.60 Å². The van der Waals surface area contributed by atoms with E-state index in [0.29, 0.717) is 36.7 Å². The number of aryl methyl sites for hydroxylation is 2. The maximum Gasteiger partial charge on any atom is 0.430 e. The number of carbonyl (C=O) groups excluding carboxylic acids is 1. The Hall–Kier alpha value is -3.01. The van der Waals surface area contributed by atoms with Crippen LogP contribution in [0.2, 0.25) is 0 Å². The predicted octanol–water partition coefficient (Wildman–Crippen LogP) is 7.75. The molecule has 1 aliphatic heterocycles. The van der Waals surface area contributed by atoms with Gasteiger partial charge in [0, 0.05) is 11.8 Å². The lowest BCUT2D eigenvalue weighted by Crippen LogP contribution is -2.55. The van der Waals surface area contributed by atoms with Crippen LogP contribution in [0.15, 0.2) is 42.5 Å². The van der Waals surface area contributed by atoms with Crippen molar-refractivity contribution in [3.05, 3.63) is 70.3 Å². The van der Waals surface area contributed by atoms with Crippen LogP contribution in [0.3, 0.4) is 0 Å². The van der Waals surface area contributed by atoms with Crippen LogP contribution in [-0.4, -0.2) is 41.7 Å². The zero-order valence-electron chi connectivity index (χ0n) is 22.9. The molecule has 220 valence electrons. The third kappa shape index (κ3) is 6.32. The summed E-state index contributed by atoms with van der Waals surface area (Å²) < 4.78 is 89.7. The molecule has 1 atom stereocenters. The van der Waals surface area contributed by atoms with Crippen molar-refractivity contribution in [1.82, 2.24) is 0 Å². The first-order valence-electron chi connectivity index (χ1n) is 13.2. The molecule has 0 aliphatic carbocycles. The lowest BCUT2D eigenvalue weighted by atomic mass is 9.70. The third-order valence-corrected chi connectivity index (χ3v) is 7.76. The lowest BCUT2D eigenvalue weighted by molar-refractivity contribution is -0.347. The standard InChI is InChI=1S/C30H34F6O4/c1-5-27(6-2,23-12-13-25(20(4)17-23)39-18-24-8-7-9-26(37)40-24)22-11-10-21(19(3)16-22)14-15-28(38,29(31,32)33)30(34,35)36/h10-17,24,38H,5-9,18H2,1-4H3/b15-14+/t24-/m0/s1. The molecule has 2 aromatic rings. The first-order valence-corrected chi connectivity index (χ1v) is 13.2. The highest BCUT2D eigenvalue weighted by Crippen LogP contribution is 2.45. The molecule has 4 nitrogen and oxygen atoms in total. The number of aliphatic hydroxyl groups is 1. The Balaban J connectivity index is 1.89. The van der Waals surface area contributed by atoms with Crippen molar-refractivity contribution >= 4 is 12.0 Å². The fraction of sp³-hybridized carbons (Fsp3) is 0.500. The molecule has 0 radical (unpaired) electrons. The first-order chi connectivity index (χ1) is 18.6. The number of cyclic esters (lactones) is 1. The molecule has 0 aromatic heterocycles. The Kier molecular flexibility index (Phi) is 9.33. The molecule has 1 fully saturated rings. The van der Waals surface area contributed by atoms with Gasteiger partial charge in [-0.2, -0.15) is 26.3 Å². The van der Waals surface area contributed by atoms with Gasteiger partial charge in [-0.15, -0.1) is 0 Å². The molecule has 0 bridgehead atoms. The fourth-order valence-corrected chi connectivity index (χ4v) is 5.14. The van der Waals surface area contributed by atoms with Crippen LogP contribution >= 0.6 is 0 Å². The average Bonchev–Trinajstić information content (AvgIpc) is 2.87. The van der Waals surface area contributed by atoms with E-state index in [1.165, 1.54) is 6.07 Å². The van der Waals surface area contributed by atoms with Gasteiger partial charge in [0.15, 0.2) is 0 Å². The SMILES string of the molecule is CCC(CC)(c1ccc(/C=C/C(O)(C(F)(F)F)C(F)(F)F)c(C)c1)c1ccc(OC[C@@H]2CCCC(=O)O2)c(C)c1. The van der Waals surface area contributed by atoms with Gasteiger partial charge in [0.2, 0.25) is 0 Å². The highest BCUT2D eigenvalue weighted by molar-refractivity contribution is 5.70. The molecule has 0 saturated carbocycles. The summed E-state index contributed by atoms with van der Waals surface area (Å²) in [5.74, 6) is 0.431. The Morgan fingerprint density at radius 2 is 1.52 bits per heavy atom. The molecular weight excluding hydrogens is 538 g/mol. The molecule has 1 aliphatic rings. The van der Waals surface area contributed by atoms with Crippen LogP contribution in [0.1, 0.15) is 73.8 Å². The fourth-order valence-electron chi connectivity index (χ4n) is 5.14. The summed E-state index contributed by atoms with van der Waals surface area (Å²) in [4.78, 5) is 11.5. The monoisotopic (exact) mass is 572 g/mol. The molecule has 1 heterocycles. The second-order valence-electron chi connectivity index (χ2n) is 10.3. The number of ether oxygens (including phenoxy) is 2. The number of esters is 1. The van der Waals surface area contributed by atoms with E-state index in [1.807, 2.05) is 39.0 Å². The zero-order valence-corrected chi connectivity index (χ0v) is 22.9. The summed E-state index contributed by atoms with van der Waals surface area (Å²) in [6, 6.07) is 10.7. The maximum absolute atomic E-state index is 13.1. The summed E-state index contributed by atoms with van der Waals surface area (Å²) in [5.41, 5.74) is -2.13. The van der Waals surface area contributed by atoms with Gasteiger partial charge in [-0.25, -0.2) is 0 Å². The van der Waals surface area contributed by atoms with E-state index in [-0.39, 0.29) is 30.3 Å². The maximum atomic E-state index is 13.1. The van der Waals surface area contributed by atoms with Crippen LogP contribution in [0, 0.1) is 13.8 Å². The highest BCUT2D eigenvalue weighted by atomic mass is 19.4. The molecule has 10 heteroatoms. The van der Waals surface area contributed by atoms with Crippen molar-refractivity contribution in [2.75, 3.05) is 6.61 Å². The minimum atomic E-state index is -5.93. The molecule has 3 rings (SSSR count). The van der Waals surface area contributed by atoms with Crippen molar-refractivity contribution in [1.29, 1.82) is 0 Å². The van der Waals surface area contributed by atoms with E-state index in [0.717, 1.165) is 29.5 Å². The van der Waals surface area contributed by atoms with Gasteiger partial charge in [-0.05, 0) is 79.5 Å². The molecule has 40 heavy (non-hydrogen) atoms. The number of halogens is 6. The number of benzene rings is 2. The number of carbonyl (C=O) groups is 1. The van der Waals surface area contributed by atoms with Crippen LogP contribution in [0.25, 0.3) is 6.08 Å². The second kappa shape index (κ2) is 11.8. The van der Waals surface area contributed by atoms with Gasteiger partial charge in [0.1, 0.15) is 18.5 Å². The van der Waals surface area contributed by atoms with Crippen LogP contribution < -0.4 is 4.74 Å². The van der Waals surface area contributed by atoms with Gasteiger partial charge in [-0.3, -0.25) is 4.79 Å². The van der Waals surface area contributed by atoms with Gasteiger partial charge >= 0.3 is 18.3 Å². The van der Waals surface area contributed by atoms with E-state index >= 15 is 0 Å². The Morgan fingerprint density at radius 1 is 0.950 bits per heavy atom. The van der Waals surface area contributed by atoms with E-state index in [2.05, 4.69) is 0 Å². The highest BCUT2D eigenvalue weighted by Gasteiger charge is 2.68. The normalized spacial score (nSPS) is 17.3. The van der Waals surface area contributed by atoms with Crippen molar-refractivity contribution in [2.24, 2.45) is 0 Å². The third-order valence-electron chi connectivity index (χ3n) is 7.76. The van der Waals surface area contributed by atoms with Gasteiger partial charge in [-0.1, -0.05) is 50.3 Å². The summed E-state index contributed by atoms with van der Waals surface area (Å²) in [5, 5.41) is 9.45. The summed E-state index contributed by atoms with van der Waals surface area (Å²) in [6.45, 7) is 7.78. The minimum absolute atomic E-state index is 0.125. The predicted molar refractivity (Wildman–Crippen MR) is 139 cm³/mol. The number of hydrogen-bond acceptors (Lipinski definition) is 4. The van der Waals surface area contributed by atoms with Crippen molar-refractivity contribution in [3.8, 4) is 5.75 Å². The van der Waals surface area contributed by atoms with E-state index in [1.54, 1.807) is 19.1 Å². The van der Waals surface area contributed by atoms with Crippen LogP contribution in [0.5, 0.6) is 5.75 Å². The molecule has 2 aromatic carbocycles. The second-order valence-corrected chi connectivity index (χ2v) is 10.3. The first kappa shape index (κ1) is 31.5. The van der Waals surface area contributed by atoms with E-state index in [4.69, 9.17) is 9.47 Å². The molecule has 0 spiro atoms. The topological polar surface area (TPSA) is 55.8 Å². The number of alkyl halides is 6. The summed E-state index contributed by atoms with van der Waals surface area (Å²) in [7, 11) is 0. The van der Waals surface area contributed by atoms with Crippen LogP contribution in [-0.2, 0) is 14.9 Å². The Morgan fingerprint density at radius 3 is 2.02 bits per heavy atom. The molecule has 0 unspecified atom stereocenters. The van der Waals surface area contributed by atoms with Crippen molar-refractivity contribution in [2.45, 2.75) is 89.3 Å². The smallest absolute Gasteiger partial charge is 0.430 e. The Labute approximate surface area is 230 Å². The van der Waals surface area contributed by atoms with Gasteiger partial charge < -0.3 is 14.6 Å². The summed E-state index contributed by atoms with van der Waals surface area (Å²) >= 11 is 0. The number of rotatable bonds is 9. The molecular formula is C30H34F6O4. The van der Waals surface area contributed by atoms with Gasteiger partial charge in [0.05, 0.1) is 0 Å². The zero-order chi connectivity index (χ0) is 29.9. The van der Waals surface area contributed by atoms with Crippen molar-refractivity contribution in [3.63, 3.8) is 0 Å². The van der Waals surface area contributed by atoms with Crippen LogP contribution in [0.4, 0.5) is 26.3 Å². The minimum Gasteiger partial charge on any atom is -0.489 e. The average molecular weight is 573 g/mol. The Bertz CT molecular complexity index is 1210. The number of hydrogen-bond donors (Lipinski definition) is 1. The van der Waals surface area contributed by atoms with E-state index in [9.17, 15) is 36.2 Å². The largest absolute Gasteiger partial charge is 0.489 e. The van der Waals surface area contributed by atoms with Crippen molar-refractivity contribution < 1.29 is 45.7 Å². The summed E-state index contributed by atoms with van der Waals surface area (Å²) in [6.07, 6.45) is -8.46. The molecule has 0 amide bonds. The quantitative estimate of drug-likeness (QED) is 0.247. The molecule has 1 N–H and O–H groups in total. The lowest BCUT2D eigenvalue weighted by Gasteiger charge is -2.34. The van der Waals surface area contributed by atoms with E-state index < -0.39 is 23.4 Å².